The van der Waals surface area contributed by atoms with Crippen LogP contribution < -0.4 is 4.74 Å². The second-order valence-corrected chi connectivity index (χ2v) is 5.27. The van der Waals surface area contributed by atoms with Crippen LogP contribution in [0.1, 0.15) is 16.7 Å². The van der Waals surface area contributed by atoms with Gasteiger partial charge in [-0.3, -0.25) is 0 Å². The number of hydrogen-bond donors (Lipinski definition) is 2. The van der Waals surface area contributed by atoms with Gasteiger partial charge in [-0.25, -0.2) is 9.59 Å². The number of aromatic hydroxyl groups is 1. The molecule has 26 heavy (non-hydrogen) atoms. The Balaban J connectivity index is 2.45. The van der Waals surface area contributed by atoms with Crippen molar-refractivity contribution in [1.82, 2.24) is 0 Å². The molecule has 0 spiro atoms. The van der Waals surface area contributed by atoms with Crippen molar-refractivity contribution in [2.24, 2.45) is 0 Å². The van der Waals surface area contributed by atoms with Crippen LogP contribution in [0.25, 0.3) is 17.7 Å². The largest absolute Gasteiger partial charge is 0.508 e. The lowest BCUT2D eigenvalue weighted by Gasteiger charge is -2.10. The number of benzene rings is 2. The third kappa shape index (κ3) is 4.73. The van der Waals surface area contributed by atoms with Gasteiger partial charge in [-0.15, -0.1) is 0 Å². The molecule has 0 fully saturated rings. The van der Waals surface area contributed by atoms with Crippen molar-refractivity contribution in [2.75, 3.05) is 14.2 Å². The smallest absolute Gasteiger partial charge is 0.336 e. The number of carbonyl (C=O) groups excluding carboxylic acids is 1. The third-order valence-electron chi connectivity index (χ3n) is 3.56. The van der Waals surface area contributed by atoms with Gasteiger partial charge in [-0.2, -0.15) is 0 Å². The molecule has 2 N–H and O–H groups in total. The van der Waals surface area contributed by atoms with Gasteiger partial charge in [0.2, 0.25) is 0 Å². The summed E-state index contributed by atoms with van der Waals surface area (Å²) < 4.78 is 9.85. The van der Waals surface area contributed by atoms with Crippen molar-refractivity contribution in [2.45, 2.75) is 0 Å². The standard InChI is InChI=1S/C20H18O6/c1-25-18-12-14(6-10-19(22)26-2)5-9-16(18)17(20(23)24)11-13-3-7-15(21)8-4-13/h3-12,21H,1-2H3,(H,23,24)/b10-6+,17-11?. The normalized spacial score (nSPS) is 11.4. The number of aliphatic carboxylic acids is 1. The van der Waals surface area contributed by atoms with Crippen LogP contribution in [0.3, 0.4) is 0 Å². The van der Waals surface area contributed by atoms with Gasteiger partial charge in [0, 0.05) is 11.6 Å². The molecule has 0 aliphatic heterocycles. The Morgan fingerprint density at radius 2 is 1.65 bits per heavy atom. The van der Waals surface area contributed by atoms with Crippen LogP contribution in [0, 0.1) is 0 Å². The van der Waals surface area contributed by atoms with E-state index in [4.69, 9.17) is 4.74 Å². The number of hydrogen-bond acceptors (Lipinski definition) is 5. The molecule has 0 bridgehead atoms. The lowest BCUT2D eigenvalue weighted by Crippen LogP contribution is -2.02. The highest BCUT2D eigenvalue weighted by Crippen LogP contribution is 2.30. The summed E-state index contributed by atoms with van der Waals surface area (Å²) in [5.74, 6) is -1.16. The molecule has 0 amide bonds. The predicted octanol–water partition coefficient (Wildman–Crippen LogP) is 3.21. The van der Waals surface area contributed by atoms with E-state index < -0.39 is 11.9 Å². The van der Waals surface area contributed by atoms with Crippen molar-refractivity contribution in [1.29, 1.82) is 0 Å². The monoisotopic (exact) mass is 354 g/mol. The van der Waals surface area contributed by atoms with Gasteiger partial charge >= 0.3 is 11.9 Å². The first-order valence-electron chi connectivity index (χ1n) is 7.63. The molecule has 2 aromatic rings. The molecule has 0 radical (unpaired) electrons. The first kappa shape index (κ1) is 18.8. The molecule has 134 valence electrons. The van der Waals surface area contributed by atoms with Crippen molar-refractivity contribution in [3.63, 3.8) is 0 Å². The van der Waals surface area contributed by atoms with Crippen molar-refractivity contribution in [3.05, 3.63) is 65.2 Å². The first-order valence-corrected chi connectivity index (χ1v) is 7.63. The Bertz CT molecular complexity index is 862. The van der Waals surface area contributed by atoms with Crippen LogP contribution >= 0.6 is 0 Å². The van der Waals surface area contributed by atoms with E-state index in [-0.39, 0.29) is 11.3 Å². The molecule has 0 aliphatic rings. The van der Waals surface area contributed by atoms with Gasteiger partial charge in [-0.05, 0) is 47.5 Å². The highest BCUT2D eigenvalue weighted by Gasteiger charge is 2.16. The number of rotatable bonds is 6. The zero-order chi connectivity index (χ0) is 19.1. The summed E-state index contributed by atoms with van der Waals surface area (Å²) in [6.07, 6.45) is 4.30. The van der Waals surface area contributed by atoms with E-state index in [0.29, 0.717) is 22.4 Å². The Morgan fingerprint density at radius 1 is 1.00 bits per heavy atom. The summed E-state index contributed by atoms with van der Waals surface area (Å²) in [6, 6.07) is 11.1. The highest BCUT2D eigenvalue weighted by molar-refractivity contribution is 6.21. The summed E-state index contributed by atoms with van der Waals surface area (Å²) in [5.41, 5.74) is 1.71. The maximum atomic E-state index is 11.7. The van der Waals surface area contributed by atoms with E-state index in [1.807, 2.05) is 0 Å². The number of carboxylic acids is 1. The van der Waals surface area contributed by atoms with E-state index in [2.05, 4.69) is 4.74 Å². The summed E-state index contributed by atoms with van der Waals surface area (Å²) in [5, 5.41) is 18.9. The molecule has 2 aromatic carbocycles. The third-order valence-corrected chi connectivity index (χ3v) is 3.56. The first-order chi connectivity index (χ1) is 12.4. The molecule has 6 nitrogen and oxygen atoms in total. The molecule has 6 heteroatoms. The zero-order valence-corrected chi connectivity index (χ0v) is 14.3. The molecule has 0 atom stereocenters. The molecule has 0 heterocycles. The van der Waals surface area contributed by atoms with Crippen LogP contribution in [-0.2, 0) is 14.3 Å². The SMILES string of the molecule is COC(=O)/C=C/c1ccc(C(=Cc2ccc(O)cc2)C(=O)O)c(OC)c1. The molecular weight excluding hydrogens is 336 g/mol. The van der Waals surface area contributed by atoms with Crippen molar-refractivity contribution in [3.8, 4) is 11.5 Å². The summed E-state index contributed by atoms with van der Waals surface area (Å²) in [4.78, 5) is 22.9. The quantitative estimate of drug-likeness (QED) is 0.470. The van der Waals surface area contributed by atoms with Gasteiger partial charge in [0.1, 0.15) is 11.5 Å². The van der Waals surface area contributed by atoms with E-state index in [1.54, 1.807) is 36.4 Å². The number of esters is 1. The minimum absolute atomic E-state index is 0.0380. The van der Waals surface area contributed by atoms with Crippen LogP contribution in [0.5, 0.6) is 11.5 Å². The fourth-order valence-electron chi connectivity index (χ4n) is 2.26. The number of methoxy groups -OCH3 is 2. The second kappa shape index (κ2) is 8.53. The Morgan fingerprint density at radius 3 is 2.23 bits per heavy atom. The van der Waals surface area contributed by atoms with Crippen LogP contribution in [0.15, 0.2) is 48.5 Å². The molecule has 2 rings (SSSR count). The molecule has 0 saturated carbocycles. The number of ether oxygens (including phenoxy) is 2. The minimum atomic E-state index is -1.12. The lowest BCUT2D eigenvalue weighted by atomic mass is 10.00. The van der Waals surface area contributed by atoms with Gasteiger partial charge < -0.3 is 19.7 Å². The minimum Gasteiger partial charge on any atom is -0.508 e. The molecule has 0 aliphatic carbocycles. The number of phenolic OH excluding ortho intramolecular Hbond substituents is 1. The lowest BCUT2D eigenvalue weighted by molar-refractivity contribution is -0.134. The van der Waals surface area contributed by atoms with Crippen LogP contribution in [0.2, 0.25) is 0 Å². The average Bonchev–Trinajstić information content (AvgIpc) is 2.65. The van der Waals surface area contributed by atoms with Crippen LogP contribution in [0.4, 0.5) is 0 Å². The van der Waals surface area contributed by atoms with E-state index in [9.17, 15) is 19.8 Å². The van der Waals surface area contributed by atoms with Gasteiger partial charge in [0.25, 0.3) is 0 Å². The van der Waals surface area contributed by atoms with Crippen molar-refractivity contribution >= 4 is 29.7 Å². The summed E-state index contributed by atoms with van der Waals surface area (Å²) in [7, 11) is 2.72. The Kier molecular flexibility index (Phi) is 6.16. The zero-order valence-electron chi connectivity index (χ0n) is 14.3. The maximum Gasteiger partial charge on any atom is 0.336 e. The Hall–Kier alpha value is -3.54. The van der Waals surface area contributed by atoms with Crippen molar-refractivity contribution < 1.29 is 29.3 Å². The van der Waals surface area contributed by atoms with Crippen LogP contribution in [-0.4, -0.2) is 36.4 Å². The molecule has 0 aromatic heterocycles. The molecule has 0 unspecified atom stereocenters. The van der Waals surface area contributed by atoms with Gasteiger partial charge in [0.15, 0.2) is 0 Å². The summed E-state index contributed by atoms with van der Waals surface area (Å²) >= 11 is 0. The molecular formula is C20H18O6. The topological polar surface area (TPSA) is 93.1 Å². The predicted molar refractivity (Wildman–Crippen MR) is 97.7 cm³/mol. The Labute approximate surface area is 150 Å². The highest BCUT2D eigenvalue weighted by atomic mass is 16.5. The van der Waals surface area contributed by atoms with E-state index in [0.717, 1.165) is 0 Å². The second-order valence-electron chi connectivity index (χ2n) is 5.27. The summed E-state index contributed by atoms with van der Waals surface area (Å²) in [6.45, 7) is 0. The number of carboxylic acid groups (broad SMARTS) is 1. The number of phenols is 1. The fourth-order valence-corrected chi connectivity index (χ4v) is 2.26. The van der Waals surface area contributed by atoms with E-state index >= 15 is 0 Å². The van der Waals surface area contributed by atoms with Gasteiger partial charge in [-0.1, -0.05) is 18.2 Å². The fraction of sp³-hybridized carbons (Fsp3) is 0.100. The number of carbonyl (C=O) groups is 2. The van der Waals surface area contributed by atoms with E-state index in [1.165, 1.54) is 38.5 Å². The molecule has 0 saturated heterocycles. The van der Waals surface area contributed by atoms with Gasteiger partial charge in [0.05, 0.1) is 19.8 Å². The average molecular weight is 354 g/mol. The maximum absolute atomic E-state index is 11.7.